The van der Waals surface area contributed by atoms with E-state index in [9.17, 15) is 9.59 Å². The van der Waals surface area contributed by atoms with Gasteiger partial charge in [0.05, 0.1) is 11.5 Å². The molecule has 0 heterocycles. The minimum atomic E-state index is -0.614. The second kappa shape index (κ2) is 7.43. The molecule has 0 aliphatic carbocycles. The molecule has 0 saturated heterocycles. The Morgan fingerprint density at radius 3 is 1.83 bits per heavy atom. The van der Waals surface area contributed by atoms with Crippen LogP contribution >= 0.6 is 0 Å². The summed E-state index contributed by atoms with van der Waals surface area (Å²) in [4.78, 5) is 24.9. The molecular formula is C21H24O3. The summed E-state index contributed by atoms with van der Waals surface area (Å²) in [6.07, 6.45) is -0.614. The summed E-state index contributed by atoms with van der Waals surface area (Å²) in [5.74, 6) is -0.829. The van der Waals surface area contributed by atoms with Gasteiger partial charge in [0, 0.05) is 0 Å². The summed E-state index contributed by atoms with van der Waals surface area (Å²) >= 11 is 0. The Morgan fingerprint density at radius 2 is 1.38 bits per heavy atom. The Kier molecular flexibility index (Phi) is 5.55. The molecule has 0 saturated carbocycles. The van der Waals surface area contributed by atoms with Crippen LogP contribution in [-0.4, -0.2) is 11.8 Å². The number of ketones is 1. The molecular weight excluding hydrogens is 300 g/mol. The summed E-state index contributed by atoms with van der Waals surface area (Å²) in [6.45, 7) is 7.53. The van der Waals surface area contributed by atoms with E-state index in [1.54, 1.807) is 31.2 Å². The molecule has 0 fully saturated rings. The molecule has 0 radical (unpaired) electrons. The van der Waals surface area contributed by atoms with E-state index in [1.165, 1.54) is 0 Å². The highest BCUT2D eigenvalue weighted by Crippen LogP contribution is 2.39. The van der Waals surface area contributed by atoms with Gasteiger partial charge >= 0.3 is 5.97 Å². The highest BCUT2D eigenvalue weighted by Gasteiger charge is 2.39. The lowest BCUT2D eigenvalue weighted by atomic mass is 9.73. The molecule has 0 aliphatic heterocycles. The van der Waals surface area contributed by atoms with Gasteiger partial charge in [-0.15, -0.1) is 0 Å². The van der Waals surface area contributed by atoms with Gasteiger partial charge in [-0.25, -0.2) is 4.79 Å². The van der Waals surface area contributed by atoms with Gasteiger partial charge in [0.1, 0.15) is 11.9 Å². The van der Waals surface area contributed by atoms with Gasteiger partial charge in [0.25, 0.3) is 0 Å². The Bertz CT molecular complexity index is 684. The molecule has 0 bridgehead atoms. The molecule has 24 heavy (non-hydrogen) atoms. The first-order valence-corrected chi connectivity index (χ1v) is 8.12. The predicted octanol–water partition coefficient (Wildman–Crippen LogP) is 4.84. The Balaban J connectivity index is 2.40. The largest absolute Gasteiger partial charge is 0.453 e. The zero-order valence-electron chi connectivity index (χ0n) is 14.7. The number of hydrogen-bond acceptors (Lipinski definition) is 3. The van der Waals surface area contributed by atoms with Crippen LogP contribution in [0.15, 0.2) is 60.7 Å². The lowest BCUT2D eigenvalue weighted by Crippen LogP contribution is -2.35. The first-order valence-electron chi connectivity index (χ1n) is 8.12. The van der Waals surface area contributed by atoms with Crippen molar-refractivity contribution in [2.75, 3.05) is 0 Å². The maximum absolute atomic E-state index is 12.5. The fourth-order valence-corrected chi connectivity index (χ4v) is 3.01. The van der Waals surface area contributed by atoms with Gasteiger partial charge in [-0.3, -0.25) is 4.79 Å². The van der Waals surface area contributed by atoms with Crippen LogP contribution in [-0.2, 0) is 9.53 Å². The van der Waals surface area contributed by atoms with Crippen LogP contribution in [0.4, 0.5) is 0 Å². The van der Waals surface area contributed by atoms with Crippen LogP contribution in [0.5, 0.6) is 0 Å². The second-order valence-electron chi connectivity index (χ2n) is 7.06. The molecule has 0 amide bonds. The first kappa shape index (κ1) is 17.9. The van der Waals surface area contributed by atoms with Gasteiger partial charge in [0.15, 0.2) is 0 Å². The number of benzene rings is 2. The zero-order chi connectivity index (χ0) is 17.7. The second-order valence-corrected chi connectivity index (χ2v) is 7.06. The number of carbonyl (C=O) groups is 2. The van der Waals surface area contributed by atoms with Crippen molar-refractivity contribution in [2.45, 2.75) is 33.8 Å². The normalized spacial score (nSPS) is 13.8. The predicted molar refractivity (Wildman–Crippen MR) is 94.7 cm³/mol. The van der Waals surface area contributed by atoms with Gasteiger partial charge < -0.3 is 4.74 Å². The van der Waals surface area contributed by atoms with Crippen LogP contribution in [0, 0.1) is 11.3 Å². The van der Waals surface area contributed by atoms with Crippen molar-refractivity contribution in [3.05, 3.63) is 71.8 Å². The summed E-state index contributed by atoms with van der Waals surface area (Å²) in [5.41, 5.74) is 0.982. The smallest absolute Gasteiger partial charge is 0.338 e. The van der Waals surface area contributed by atoms with Crippen molar-refractivity contribution >= 4 is 11.8 Å². The highest BCUT2D eigenvalue weighted by atomic mass is 16.5. The summed E-state index contributed by atoms with van der Waals surface area (Å²) < 4.78 is 5.81. The molecule has 2 unspecified atom stereocenters. The Labute approximate surface area is 143 Å². The van der Waals surface area contributed by atoms with Crippen molar-refractivity contribution < 1.29 is 14.3 Å². The average Bonchev–Trinajstić information content (AvgIpc) is 2.54. The first-order chi connectivity index (χ1) is 11.3. The Hall–Kier alpha value is -2.42. The quantitative estimate of drug-likeness (QED) is 0.739. The third-order valence-corrected chi connectivity index (χ3v) is 4.05. The van der Waals surface area contributed by atoms with Crippen molar-refractivity contribution in [3.8, 4) is 0 Å². The molecule has 2 aromatic rings. The lowest BCUT2D eigenvalue weighted by Gasteiger charge is -2.35. The third-order valence-electron chi connectivity index (χ3n) is 4.05. The van der Waals surface area contributed by atoms with Gasteiger partial charge in [0.2, 0.25) is 0 Å². The van der Waals surface area contributed by atoms with E-state index in [0.29, 0.717) is 5.56 Å². The highest BCUT2D eigenvalue weighted by molar-refractivity contribution is 5.90. The molecule has 3 nitrogen and oxygen atoms in total. The average molecular weight is 324 g/mol. The number of rotatable bonds is 5. The minimum Gasteiger partial charge on any atom is -0.453 e. The summed E-state index contributed by atoms with van der Waals surface area (Å²) in [6, 6.07) is 18.3. The van der Waals surface area contributed by atoms with Crippen LogP contribution in [0.1, 0.15) is 49.7 Å². The van der Waals surface area contributed by atoms with Gasteiger partial charge in [-0.2, -0.15) is 0 Å². The number of Topliss-reactive ketones (excluding diaryl/α,β-unsaturated/α-hetero) is 1. The summed E-state index contributed by atoms with van der Waals surface area (Å²) in [5, 5.41) is 0. The Morgan fingerprint density at radius 1 is 0.875 bits per heavy atom. The van der Waals surface area contributed by atoms with E-state index in [-0.39, 0.29) is 11.2 Å². The number of esters is 1. The van der Waals surface area contributed by atoms with Gasteiger partial charge in [-0.05, 0) is 30.0 Å². The van der Waals surface area contributed by atoms with Crippen molar-refractivity contribution in [1.29, 1.82) is 0 Å². The standard InChI is InChI=1S/C21H24O3/c1-15(22)18(21(2,3)4)19(16-11-7-5-8-12-16)24-20(23)17-13-9-6-10-14-17/h5-14,18-19H,1-4H3. The van der Waals surface area contributed by atoms with Gasteiger partial charge in [-0.1, -0.05) is 69.3 Å². The molecule has 0 aromatic heterocycles. The number of ether oxygens (including phenoxy) is 1. The number of carbonyl (C=O) groups excluding carboxylic acids is 2. The van der Waals surface area contributed by atoms with E-state index >= 15 is 0 Å². The van der Waals surface area contributed by atoms with Crippen LogP contribution in [0.25, 0.3) is 0 Å². The fraction of sp³-hybridized carbons (Fsp3) is 0.333. The van der Waals surface area contributed by atoms with Crippen LogP contribution < -0.4 is 0 Å². The molecule has 0 spiro atoms. The van der Waals surface area contributed by atoms with Crippen LogP contribution in [0.3, 0.4) is 0 Å². The third kappa shape index (κ3) is 4.31. The van der Waals surface area contributed by atoms with Crippen molar-refractivity contribution in [1.82, 2.24) is 0 Å². The molecule has 0 aliphatic rings. The van der Waals surface area contributed by atoms with Crippen molar-refractivity contribution in [2.24, 2.45) is 11.3 Å². The monoisotopic (exact) mass is 324 g/mol. The lowest BCUT2D eigenvalue weighted by molar-refractivity contribution is -0.129. The maximum Gasteiger partial charge on any atom is 0.338 e. The molecule has 0 N–H and O–H groups in total. The minimum absolute atomic E-state index is 0.0113. The summed E-state index contributed by atoms with van der Waals surface area (Å²) in [7, 11) is 0. The molecule has 3 heteroatoms. The molecule has 2 rings (SSSR count). The fourth-order valence-electron chi connectivity index (χ4n) is 3.01. The maximum atomic E-state index is 12.5. The van der Waals surface area contributed by atoms with E-state index in [2.05, 4.69) is 0 Å². The molecule has 2 aromatic carbocycles. The zero-order valence-corrected chi connectivity index (χ0v) is 14.7. The van der Waals surface area contributed by atoms with E-state index in [4.69, 9.17) is 4.74 Å². The van der Waals surface area contributed by atoms with E-state index in [1.807, 2.05) is 57.2 Å². The van der Waals surface area contributed by atoms with Crippen LogP contribution in [0.2, 0.25) is 0 Å². The van der Waals surface area contributed by atoms with Crippen molar-refractivity contribution in [3.63, 3.8) is 0 Å². The van der Waals surface area contributed by atoms with E-state index in [0.717, 1.165) is 5.56 Å². The number of hydrogen-bond donors (Lipinski definition) is 0. The molecule has 2 atom stereocenters. The topological polar surface area (TPSA) is 43.4 Å². The SMILES string of the molecule is CC(=O)C(C(OC(=O)c1ccccc1)c1ccccc1)C(C)(C)C. The molecule has 126 valence electrons. The van der Waals surface area contributed by atoms with E-state index < -0.39 is 18.0 Å².